The lowest BCUT2D eigenvalue weighted by atomic mass is 9.89. The molecule has 3 rings (SSSR count). The maximum absolute atomic E-state index is 13.4. The first-order valence-corrected chi connectivity index (χ1v) is 10.3. The predicted octanol–water partition coefficient (Wildman–Crippen LogP) is 4.64. The van der Waals surface area contributed by atoms with E-state index in [-0.39, 0.29) is 28.7 Å². The Morgan fingerprint density at radius 3 is 2.34 bits per heavy atom. The number of halogens is 2. The van der Waals surface area contributed by atoms with Crippen molar-refractivity contribution < 1.29 is 14.0 Å². The van der Waals surface area contributed by atoms with Gasteiger partial charge >= 0.3 is 0 Å². The van der Waals surface area contributed by atoms with Gasteiger partial charge in [0.1, 0.15) is 11.9 Å². The van der Waals surface area contributed by atoms with Gasteiger partial charge in [-0.05, 0) is 54.5 Å². The molecule has 2 aromatic carbocycles. The second-order valence-corrected chi connectivity index (χ2v) is 8.24. The van der Waals surface area contributed by atoms with E-state index in [2.05, 4.69) is 5.32 Å². The summed E-state index contributed by atoms with van der Waals surface area (Å²) in [5.74, 6) is -0.498. The average Bonchev–Trinajstić information content (AvgIpc) is 2.74. The van der Waals surface area contributed by atoms with Crippen LogP contribution in [0.1, 0.15) is 48.5 Å². The van der Waals surface area contributed by atoms with Gasteiger partial charge in [0.25, 0.3) is 5.91 Å². The molecule has 1 aliphatic rings. The molecule has 154 valence electrons. The maximum atomic E-state index is 13.4. The van der Waals surface area contributed by atoms with Crippen molar-refractivity contribution in [2.24, 2.45) is 5.92 Å². The molecule has 1 aliphatic heterocycles. The van der Waals surface area contributed by atoms with Crippen LogP contribution in [0.3, 0.4) is 0 Å². The van der Waals surface area contributed by atoms with Crippen molar-refractivity contribution in [3.63, 3.8) is 0 Å². The minimum Gasteiger partial charge on any atom is -0.341 e. The number of hydrogen-bond donors (Lipinski definition) is 1. The summed E-state index contributed by atoms with van der Waals surface area (Å²) in [4.78, 5) is 27.4. The zero-order chi connectivity index (χ0) is 21.0. The smallest absolute Gasteiger partial charge is 0.251 e. The van der Waals surface area contributed by atoms with Crippen LogP contribution in [0.2, 0.25) is 5.02 Å². The third-order valence-electron chi connectivity index (χ3n) is 5.48. The van der Waals surface area contributed by atoms with Crippen LogP contribution in [-0.2, 0) is 4.79 Å². The number of piperidine rings is 1. The van der Waals surface area contributed by atoms with Crippen molar-refractivity contribution >= 4 is 23.4 Å². The lowest BCUT2D eigenvalue weighted by molar-refractivity contribution is -0.135. The zero-order valence-electron chi connectivity index (χ0n) is 16.7. The Balaban J connectivity index is 1.62. The number of likely N-dealkylation sites (tertiary alicyclic amines) is 1. The first-order valence-electron chi connectivity index (χ1n) is 9.96. The summed E-state index contributed by atoms with van der Waals surface area (Å²) in [6.07, 6.45) is 1.57. The second-order valence-electron chi connectivity index (χ2n) is 7.83. The summed E-state index contributed by atoms with van der Waals surface area (Å²) < 4.78 is 13.4. The molecule has 2 aromatic rings. The number of amides is 2. The van der Waals surface area contributed by atoms with Gasteiger partial charge in [0.2, 0.25) is 5.91 Å². The number of carbonyl (C=O) groups is 2. The summed E-state index contributed by atoms with van der Waals surface area (Å²) in [6.45, 7) is 5.06. The zero-order valence-corrected chi connectivity index (χ0v) is 17.5. The van der Waals surface area contributed by atoms with Gasteiger partial charge in [0.15, 0.2) is 0 Å². The van der Waals surface area contributed by atoms with E-state index in [0.29, 0.717) is 18.7 Å². The average molecular weight is 417 g/mol. The van der Waals surface area contributed by atoms with Gasteiger partial charge in [-0.3, -0.25) is 9.59 Å². The van der Waals surface area contributed by atoms with Crippen LogP contribution < -0.4 is 5.32 Å². The second kappa shape index (κ2) is 9.40. The van der Waals surface area contributed by atoms with E-state index in [1.54, 1.807) is 36.4 Å². The van der Waals surface area contributed by atoms with E-state index in [1.165, 1.54) is 6.07 Å². The molecule has 29 heavy (non-hydrogen) atoms. The Morgan fingerprint density at radius 2 is 1.76 bits per heavy atom. The van der Waals surface area contributed by atoms with Crippen molar-refractivity contribution in [3.8, 4) is 0 Å². The Kier molecular flexibility index (Phi) is 6.91. The SMILES string of the molecule is CC(C)[C@@H](NC(=O)c1ccccc1)C(=O)N1CCC(c2ccc(F)c(Cl)c2)CC1. The van der Waals surface area contributed by atoms with E-state index in [0.717, 1.165) is 18.4 Å². The van der Waals surface area contributed by atoms with Crippen LogP contribution in [0, 0.1) is 11.7 Å². The fourth-order valence-electron chi connectivity index (χ4n) is 3.72. The summed E-state index contributed by atoms with van der Waals surface area (Å²) in [5, 5.41) is 3.03. The standard InChI is InChI=1S/C23H26ClFN2O2/c1-15(2)21(26-22(28)17-6-4-3-5-7-17)23(29)27-12-10-16(11-13-27)18-8-9-20(25)19(24)14-18/h3-9,14-16,21H,10-13H2,1-2H3,(H,26,28)/t21-/m1/s1. The lowest BCUT2D eigenvalue weighted by Crippen LogP contribution is -2.52. The summed E-state index contributed by atoms with van der Waals surface area (Å²) >= 11 is 5.91. The van der Waals surface area contributed by atoms with Gasteiger partial charge in [-0.1, -0.05) is 49.7 Å². The third kappa shape index (κ3) is 5.15. The number of hydrogen-bond acceptors (Lipinski definition) is 2. The van der Waals surface area contributed by atoms with Gasteiger partial charge in [-0.2, -0.15) is 0 Å². The van der Waals surface area contributed by atoms with Gasteiger partial charge in [-0.25, -0.2) is 4.39 Å². The fraction of sp³-hybridized carbons (Fsp3) is 0.391. The van der Waals surface area contributed by atoms with Gasteiger partial charge in [-0.15, -0.1) is 0 Å². The van der Waals surface area contributed by atoms with E-state index in [4.69, 9.17) is 11.6 Å². The Bertz CT molecular complexity index is 864. The predicted molar refractivity (Wildman–Crippen MR) is 112 cm³/mol. The van der Waals surface area contributed by atoms with Gasteiger partial charge < -0.3 is 10.2 Å². The molecule has 1 heterocycles. The van der Waals surface area contributed by atoms with Crippen molar-refractivity contribution in [1.29, 1.82) is 0 Å². The minimum absolute atomic E-state index is 0.0243. The molecule has 1 N–H and O–H groups in total. The number of carbonyl (C=O) groups excluding carboxylic acids is 2. The Hall–Kier alpha value is -2.40. The Labute approximate surface area is 176 Å². The van der Waals surface area contributed by atoms with Crippen LogP contribution in [0.25, 0.3) is 0 Å². The van der Waals surface area contributed by atoms with Gasteiger partial charge in [0, 0.05) is 18.7 Å². The molecule has 0 aromatic heterocycles. The van der Waals surface area contributed by atoms with Crippen molar-refractivity contribution in [2.75, 3.05) is 13.1 Å². The number of nitrogens with zero attached hydrogens (tertiary/aromatic N) is 1. The molecule has 0 bridgehead atoms. The first kappa shape index (κ1) is 21.3. The highest BCUT2D eigenvalue weighted by atomic mass is 35.5. The fourth-order valence-corrected chi connectivity index (χ4v) is 3.91. The topological polar surface area (TPSA) is 49.4 Å². The molecule has 0 aliphatic carbocycles. The molecule has 0 radical (unpaired) electrons. The first-order chi connectivity index (χ1) is 13.9. The molecule has 1 atom stereocenters. The largest absolute Gasteiger partial charge is 0.341 e. The summed E-state index contributed by atoms with van der Waals surface area (Å²) in [7, 11) is 0. The summed E-state index contributed by atoms with van der Waals surface area (Å²) in [5.41, 5.74) is 1.54. The van der Waals surface area contributed by atoms with Crippen LogP contribution in [0.15, 0.2) is 48.5 Å². The van der Waals surface area contributed by atoms with Crippen LogP contribution in [0.4, 0.5) is 4.39 Å². The molecule has 6 heteroatoms. The lowest BCUT2D eigenvalue weighted by Gasteiger charge is -2.35. The molecule has 1 fully saturated rings. The van der Waals surface area contributed by atoms with Crippen LogP contribution in [0.5, 0.6) is 0 Å². The monoisotopic (exact) mass is 416 g/mol. The van der Waals surface area contributed by atoms with Crippen LogP contribution in [-0.4, -0.2) is 35.8 Å². The normalized spacial score (nSPS) is 16.0. The molecule has 1 saturated heterocycles. The molecule has 0 spiro atoms. The summed E-state index contributed by atoms with van der Waals surface area (Å²) in [6, 6.07) is 13.2. The van der Waals surface area contributed by atoms with Crippen molar-refractivity contribution in [3.05, 3.63) is 70.5 Å². The van der Waals surface area contributed by atoms with E-state index in [9.17, 15) is 14.0 Å². The number of nitrogens with one attached hydrogen (secondary N) is 1. The quantitative estimate of drug-likeness (QED) is 0.771. The minimum atomic E-state index is -0.570. The van der Waals surface area contributed by atoms with E-state index < -0.39 is 11.9 Å². The number of benzene rings is 2. The molecule has 0 unspecified atom stereocenters. The molecule has 4 nitrogen and oxygen atoms in total. The highest BCUT2D eigenvalue weighted by Gasteiger charge is 2.31. The molecular formula is C23H26ClFN2O2. The van der Waals surface area contributed by atoms with Gasteiger partial charge in [0.05, 0.1) is 5.02 Å². The Morgan fingerprint density at radius 1 is 1.10 bits per heavy atom. The third-order valence-corrected chi connectivity index (χ3v) is 5.77. The maximum Gasteiger partial charge on any atom is 0.251 e. The van der Waals surface area contributed by atoms with E-state index in [1.807, 2.05) is 24.8 Å². The molecule has 2 amide bonds. The highest BCUT2D eigenvalue weighted by Crippen LogP contribution is 2.31. The number of rotatable bonds is 5. The highest BCUT2D eigenvalue weighted by molar-refractivity contribution is 6.30. The van der Waals surface area contributed by atoms with Crippen LogP contribution >= 0.6 is 11.6 Å². The van der Waals surface area contributed by atoms with E-state index >= 15 is 0 Å². The van der Waals surface area contributed by atoms with Crippen molar-refractivity contribution in [1.82, 2.24) is 10.2 Å². The molecular weight excluding hydrogens is 391 g/mol. The molecule has 0 saturated carbocycles. The van der Waals surface area contributed by atoms with Crippen molar-refractivity contribution in [2.45, 2.75) is 38.6 Å².